The fraction of sp³-hybridized carbons (Fsp3) is 0.794. The zero-order valence-corrected chi connectivity index (χ0v) is 25.4. The van der Waals surface area contributed by atoms with Gasteiger partial charge >= 0.3 is 6.16 Å². The van der Waals surface area contributed by atoms with Crippen LogP contribution in [0.1, 0.15) is 148 Å². The Morgan fingerprint density at radius 2 is 1.21 bits per heavy atom. The van der Waals surface area contributed by atoms with Crippen molar-refractivity contribution in [3.63, 3.8) is 0 Å². The second kappa shape index (κ2) is 29.8. The molecule has 0 aromatic rings. The summed E-state index contributed by atoms with van der Waals surface area (Å²) in [5, 5.41) is 9.07. The lowest BCUT2D eigenvalue weighted by Crippen LogP contribution is -2.16. The molecule has 1 unspecified atom stereocenters. The molecular formula is C34H61NO3. The molecule has 0 radical (unpaired) electrons. The summed E-state index contributed by atoms with van der Waals surface area (Å²) in [4.78, 5) is 13.3. The van der Waals surface area contributed by atoms with Crippen LogP contribution in [0, 0.1) is 11.8 Å². The molecule has 0 aliphatic carbocycles. The van der Waals surface area contributed by atoms with Crippen LogP contribution in [-0.2, 0) is 4.74 Å². The normalized spacial score (nSPS) is 12.3. The van der Waals surface area contributed by atoms with Gasteiger partial charge in [-0.25, -0.2) is 4.79 Å². The number of carboxylic acid groups (broad SMARTS) is 1. The lowest BCUT2D eigenvalue weighted by atomic mass is 10.0. The molecule has 0 aromatic carbocycles. The van der Waals surface area contributed by atoms with Crippen LogP contribution < -0.4 is 0 Å². The summed E-state index contributed by atoms with van der Waals surface area (Å²) >= 11 is 0. The highest BCUT2D eigenvalue weighted by atomic mass is 16.7. The number of nitrogens with zero attached hydrogens (tertiary/aromatic N) is 1. The van der Waals surface area contributed by atoms with E-state index in [4.69, 9.17) is 9.84 Å². The Morgan fingerprint density at radius 1 is 0.711 bits per heavy atom. The summed E-state index contributed by atoms with van der Waals surface area (Å²) in [6, 6.07) is 0. The van der Waals surface area contributed by atoms with Gasteiger partial charge < -0.3 is 14.7 Å². The second-order valence-corrected chi connectivity index (χ2v) is 10.9. The maximum absolute atomic E-state index is 11.1. The van der Waals surface area contributed by atoms with Gasteiger partial charge in [0.1, 0.15) is 6.10 Å². The van der Waals surface area contributed by atoms with Crippen LogP contribution in [-0.4, -0.2) is 42.9 Å². The maximum atomic E-state index is 11.1. The predicted molar refractivity (Wildman–Crippen MR) is 165 cm³/mol. The van der Waals surface area contributed by atoms with Crippen molar-refractivity contribution in [3.8, 4) is 11.8 Å². The summed E-state index contributed by atoms with van der Waals surface area (Å²) in [5.41, 5.74) is 0. The maximum Gasteiger partial charge on any atom is 0.506 e. The number of allylic oxidation sites excluding steroid dienone is 4. The van der Waals surface area contributed by atoms with E-state index in [1.807, 2.05) is 0 Å². The first-order valence-corrected chi connectivity index (χ1v) is 15.9. The Balaban J connectivity index is 3.67. The molecule has 0 aliphatic rings. The molecule has 0 bridgehead atoms. The minimum atomic E-state index is -1.13. The third kappa shape index (κ3) is 30.5. The first-order valence-electron chi connectivity index (χ1n) is 15.9. The van der Waals surface area contributed by atoms with Gasteiger partial charge in [-0.3, -0.25) is 0 Å². The van der Waals surface area contributed by atoms with Gasteiger partial charge in [0.2, 0.25) is 0 Å². The van der Waals surface area contributed by atoms with E-state index < -0.39 is 6.16 Å². The van der Waals surface area contributed by atoms with E-state index in [-0.39, 0.29) is 6.10 Å². The number of rotatable bonds is 26. The van der Waals surface area contributed by atoms with Crippen LogP contribution in [0.5, 0.6) is 0 Å². The van der Waals surface area contributed by atoms with Crippen LogP contribution in [0.4, 0.5) is 4.79 Å². The Kier molecular flexibility index (Phi) is 28.5. The van der Waals surface area contributed by atoms with Crippen LogP contribution in [0.25, 0.3) is 0 Å². The first-order chi connectivity index (χ1) is 18.6. The van der Waals surface area contributed by atoms with E-state index >= 15 is 0 Å². The SMILES string of the molecule is CCCCC/C=C\C/C=C\CCCCCCCC(CCCCCCC#CCCCCCN(C)C)OC(=O)O. The number of hydrogen-bond donors (Lipinski definition) is 1. The van der Waals surface area contributed by atoms with Crippen molar-refractivity contribution < 1.29 is 14.6 Å². The summed E-state index contributed by atoms with van der Waals surface area (Å²) in [6.45, 7) is 3.41. The fourth-order valence-electron chi connectivity index (χ4n) is 4.52. The number of unbranched alkanes of at least 4 members (excludes halogenated alkanes) is 15. The smallest absolute Gasteiger partial charge is 0.450 e. The van der Waals surface area contributed by atoms with E-state index in [1.165, 1.54) is 77.2 Å². The average Bonchev–Trinajstić information content (AvgIpc) is 2.88. The van der Waals surface area contributed by atoms with Crippen LogP contribution in [0.2, 0.25) is 0 Å². The Hall–Kier alpha value is -1.73. The largest absolute Gasteiger partial charge is 0.506 e. The molecule has 0 aromatic heterocycles. The highest BCUT2D eigenvalue weighted by Gasteiger charge is 2.13. The second-order valence-electron chi connectivity index (χ2n) is 10.9. The zero-order valence-electron chi connectivity index (χ0n) is 25.4. The minimum Gasteiger partial charge on any atom is -0.450 e. The van der Waals surface area contributed by atoms with Crippen molar-refractivity contribution in [2.45, 2.75) is 154 Å². The molecule has 0 heterocycles. The quantitative estimate of drug-likeness (QED) is 0.0522. The van der Waals surface area contributed by atoms with Gasteiger partial charge in [-0.2, -0.15) is 0 Å². The molecule has 1 atom stereocenters. The van der Waals surface area contributed by atoms with Crippen molar-refractivity contribution in [1.29, 1.82) is 0 Å². The summed E-state index contributed by atoms with van der Waals surface area (Å²) in [7, 11) is 4.25. The summed E-state index contributed by atoms with van der Waals surface area (Å²) in [6.07, 6.45) is 33.2. The topological polar surface area (TPSA) is 49.8 Å². The molecule has 1 N–H and O–H groups in total. The zero-order chi connectivity index (χ0) is 27.9. The predicted octanol–water partition coefficient (Wildman–Crippen LogP) is 10.3. The lowest BCUT2D eigenvalue weighted by Gasteiger charge is -2.15. The van der Waals surface area contributed by atoms with Gasteiger partial charge in [0.25, 0.3) is 0 Å². The number of carbonyl (C=O) groups is 1. The highest BCUT2D eigenvalue weighted by molar-refractivity contribution is 5.57. The van der Waals surface area contributed by atoms with E-state index in [1.54, 1.807) is 0 Å². The monoisotopic (exact) mass is 531 g/mol. The molecule has 0 saturated heterocycles. The molecule has 38 heavy (non-hydrogen) atoms. The van der Waals surface area contributed by atoms with Gasteiger partial charge in [0.05, 0.1) is 0 Å². The van der Waals surface area contributed by atoms with Crippen molar-refractivity contribution in [2.75, 3.05) is 20.6 Å². The standard InChI is InChI=1S/C34H61NO3/c1-4-5-6-7-8-9-10-11-12-13-15-18-21-24-27-30-33(38-34(36)37)31-28-25-22-19-16-14-17-20-23-26-29-32-35(2)3/h8-9,11-12,33H,4-7,10,13,15-16,18-32H2,1-3H3,(H,36,37)/b9-8-,12-11-. The fourth-order valence-corrected chi connectivity index (χ4v) is 4.52. The first kappa shape index (κ1) is 36.3. The van der Waals surface area contributed by atoms with E-state index in [0.717, 1.165) is 70.6 Å². The minimum absolute atomic E-state index is 0.141. The molecule has 4 nitrogen and oxygen atoms in total. The van der Waals surface area contributed by atoms with Gasteiger partial charge in [-0.1, -0.05) is 82.6 Å². The lowest BCUT2D eigenvalue weighted by molar-refractivity contribution is 0.0422. The van der Waals surface area contributed by atoms with E-state index in [2.05, 4.69) is 62.1 Å². The summed E-state index contributed by atoms with van der Waals surface area (Å²) < 4.78 is 5.16. The molecule has 0 spiro atoms. The van der Waals surface area contributed by atoms with Gasteiger partial charge in [-0.05, 0) is 97.7 Å². The highest BCUT2D eigenvalue weighted by Crippen LogP contribution is 2.17. The van der Waals surface area contributed by atoms with Crippen molar-refractivity contribution in [2.24, 2.45) is 0 Å². The molecular weight excluding hydrogens is 470 g/mol. The molecule has 4 heteroatoms. The Morgan fingerprint density at radius 3 is 1.76 bits per heavy atom. The van der Waals surface area contributed by atoms with Crippen LogP contribution >= 0.6 is 0 Å². The van der Waals surface area contributed by atoms with E-state index in [0.29, 0.717) is 0 Å². The third-order valence-electron chi connectivity index (χ3n) is 6.85. The average molecular weight is 532 g/mol. The summed E-state index contributed by atoms with van der Waals surface area (Å²) in [5.74, 6) is 6.62. The van der Waals surface area contributed by atoms with E-state index in [9.17, 15) is 4.79 Å². The molecule has 0 saturated carbocycles. The van der Waals surface area contributed by atoms with Crippen LogP contribution in [0.3, 0.4) is 0 Å². The molecule has 220 valence electrons. The van der Waals surface area contributed by atoms with Gasteiger partial charge in [-0.15, -0.1) is 11.8 Å². The Bertz CT molecular complexity index is 629. The van der Waals surface area contributed by atoms with Gasteiger partial charge in [0.15, 0.2) is 0 Å². The third-order valence-corrected chi connectivity index (χ3v) is 6.85. The van der Waals surface area contributed by atoms with Gasteiger partial charge in [0, 0.05) is 12.8 Å². The van der Waals surface area contributed by atoms with Crippen molar-refractivity contribution >= 4 is 6.16 Å². The molecule has 0 rings (SSSR count). The molecule has 0 aliphatic heterocycles. The van der Waals surface area contributed by atoms with Crippen LogP contribution in [0.15, 0.2) is 24.3 Å². The number of ether oxygens (including phenoxy) is 1. The van der Waals surface area contributed by atoms with Crippen molar-refractivity contribution in [1.82, 2.24) is 4.90 Å². The van der Waals surface area contributed by atoms with Crippen molar-refractivity contribution in [3.05, 3.63) is 24.3 Å². The number of hydrogen-bond acceptors (Lipinski definition) is 3. The molecule has 0 fully saturated rings. The Labute approximate surface area is 236 Å². The molecule has 0 amide bonds.